The SMILES string of the molecule is O=Cc1c(F)cncc1N1CCCC1. The van der Waals surface area contributed by atoms with Crippen molar-refractivity contribution < 1.29 is 9.18 Å². The minimum absolute atomic E-state index is 0.127. The number of anilines is 1. The maximum Gasteiger partial charge on any atom is 0.155 e. The van der Waals surface area contributed by atoms with E-state index in [0.717, 1.165) is 32.1 Å². The van der Waals surface area contributed by atoms with Gasteiger partial charge in [0.15, 0.2) is 12.1 Å². The van der Waals surface area contributed by atoms with Crippen LogP contribution in [0.5, 0.6) is 0 Å². The Morgan fingerprint density at radius 3 is 2.71 bits per heavy atom. The third-order valence-corrected chi connectivity index (χ3v) is 2.48. The second-order valence-electron chi connectivity index (χ2n) is 3.37. The Kier molecular flexibility index (Phi) is 2.43. The van der Waals surface area contributed by atoms with Crippen LogP contribution in [-0.2, 0) is 0 Å². The molecular formula is C10H11FN2O. The van der Waals surface area contributed by atoms with Crippen LogP contribution in [0.3, 0.4) is 0 Å². The van der Waals surface area contributed by atoms with Crippen LogP contribution in [0.2, 0.25) is 0 Å². The lowest BCUT2D eigenvalue weighted by molar-refractivity contribution is 0.112. The Morgan fingerprint density at radius 2 is 2.07 bits per heavy atom. The summed E-state index contributed by atoms with van der Waals surface area (Å²) in [4.78, 5) is 16.5. The summed E-state index contributed by atoms with van der Waals surface area (Å²) in [6.07, 6.45) is 5.37. The smallest absolute Gasteiger partial charge is 0.155 e. The molecule has 0 bridgehead atoms. The van der Waals surface area contributed by atoms with Crippen LogP contribution in [0, 0.1) is 5.82 Å². The Balaban J connectivity index is 2.40. The highest BCUT2D eigenvalue weighted by molar-refractivity contribution is 5.84. The molecule has 14 heavy (non-hydrogen) atoms. The zero-order valence-electron chi connectivity index (χ0n) is 7.74. The van der Waals surface area contributed by atoms with E-state index in [1.54, 1.807) is 6.20 Å². The topological polar surface area (TPSA) is 33.2 Å². The van der Waals surface area contributed by atoms with Gasteiger partial charge in [0, 0.05) is 13.1 Å². The van der Waals surface area contributed by atoms with Gasteiger partial charge in [0.05, 0.1) is 23.6 Å². The fourth-order valence-electron chi connectivity index (χ4n) is 1.76. The van der Waals surface area contributed by atoms with Crippen molar-refractivity contribution in [3.05, 3.63) is 23.8 Å². The normalized spacial score (nSPS) is 15.9. The Morgan fingerprint density at radius 1 is 1.36 bits per heavy atom. The molecule has 2 heterocycles. The molecule has 0 atom stereocenters. The van der Waals surface area contributed by atoms with Crippen molar-refractivity contribution in [3.63, 3.8) is 0 Å². The second kappa shape index (κ2) is 3.74. The van der Waals surface area contributed by atoms with Gasteiger partial charge in [-0.3, -0.25) is 9.78 Å². The number of nitrogens with zero attached hydrogens (tertiary/aromatic N) is 2. The van der Waals surface area contributed by atoms with E-state index >= 15 is 0 Å². The lowest BCUT2D eigenvalue weighted by Gasteiger charge is -2.18. The van der Waals surface area contributed by atoms with E-state index in [1.807, 2.05) is 4.90 Å². The van der Waals surface area contributed by atoms with E-state index in [4.69, 9.17) is 0 Å². The second-order valence-corrected chi connectivity index (χ2v) is 3.37. The third kappa shape index (κ3) is 1.47. The van der Waals surface area contributed by atoms with Crippen molar-refractivity contribution in [3.8, 4) is 0 Å². The lowest BCUT2D eigenvalue weighted by atomic mass is 10.2. The average Bonchev–Trinajstić information content (AvgIpc) is 2.70. The minimum Gasteiger partial charge on any atom is -0.370 e. The van der Waals surface area contributed by atoms with Gasteiger partial charge >= 0.3 is 0 Å². The zero-order valence-corrected chi connectivity index (χ0v) is 7.74. The predicted octanol–water partition coefficient (Wildman–Crippen LogP) is 1.63. The summed E-state index contributed by atoms with van der Waals surface area (Å²) in [6.45, 7) is 1.76. The first kappa shape index (κ1) is 9.12. The number of aldehydes is 1. The van der Waals surface area contributed by atoms with E-state index < -0.39 is 5.82 Å². The molecule has 1 aliphatic rings. The number of halogens is 1. The van der Waals surface area contributed by atoms with Crippen molar-refractivity contribution >= 4 is 12.0 Å². The largest absolute Gasteiger partial charge is 0.370 e. The van der Waals surface area contributed by atoms with Crippen LogP contribution in [-0.4, -0.2) is 24.4 Å². The van der Waals surface area contributed by atoms with Crippen LogP contribution in [0.1, 0.15) is 23.2 Å². The Bertz CT molecular complexity index is 348. The zero-order chi connectivity index (χ0) is 9.97. The van der Waals surface area contributed by atoms with E-state index in [9.17, 15) is 9.18 Å². The molecule has 1 fully saturated rings. The van der Waals surface area contributed by atoms with Gasteiger partial charge in [-0.1, -0.05) is 0 Å². The van der Waals surface area contributed by atoms with Gasteiger partial charge in [-0.15, -0.1) is 0 Å². The lowest BCUT2D eigenvalue weighted by Crippen LogP contribution is -2.20. The minimum atomic E-state index is -0.538. The van der Waals surface area contributed by atoms with Crippen LogP contribution in [0.4, 0.5) is 10.1 Å². The fraction of sp³-hybridized carbons (Fsp3) is 0.400. The third-order valence-electron chi connectivity index (χ3n) is 2.48. The van der Waals surface area contributed by atoms with Crippen molar-refractivity contribution in [2.24, 2.45) is 0 Å². The molecule has 0 aliphatic carbocycles. The summed E-state index contributed by atoms with van der Waals surface area (Å²) in [6, 6.07) is 0. The van der Waals surface area contributed by atoms with Gasteiger partial charge in [0.1, 0.15) is 0 Å². The molecule has 3 nitrogen and oxygen atoms in total. The first-order valence-electron chi connectivity index (χ1n) is 4.66. The van der Waals surface area contributed by atoms with Crippen molar-refractivity contribution in [2.75, 3.05) is 18.0 Å². The van der Waals surface area contributed by atoms with Crippen LogP contribution >= 0.6 is 0 Å². The first-order chi connectivity index (χ1) is 6.83. The van der Waals surface area contributed by atoms with Gasteiger partial charge in [-0.25, -0.2) is 4.39 Å². The molecule has 0 aromatic carbocycles. The number of hydrogen-bond donors (Lipinski definition) is 0. The molecule has 0 N–H and O–H groups in total. The molecule has 1 aliphatic heterocycles. The maximum absolute atomic E-state index is 13.2. The molecule has 1 aromatic heterocycles. The van der Waals surface area contributed by atoms with Crippen LogP contribution in [0.25, 0.3) is 0 Å². The molecule has 0 unspecified atom stereocenters. The van der Waals surface area contributed by atoms with Gasteiger partial charge in [-0.2, -0.15) is 0 Å². The van der Waals surface area contributed by atoms with E-state index in [-0.39, 0.29) is 5.56 Å². The molecule has 4 heteroatoms. The average molecular weight is 194 g/mol. The van der Waals surface area contributed by atoms with Gasteiger partial charge in [-0.05, 0) is 12.8 Å². The summed E-state index contributed by atoms with van der Waals surface area (Å²) in [7, 11) is 0. The number of hydrogen-bond acceptors (Lipinski definition) is 3. The molecule has 0 saturated carbocycles. The number of carbonyl (C=O) groups excluding carboxylic acids is 1. The molecule has 0 radical (unpaired) electrons. The molecule has 1 aromatic rings. The number of rotatable bonds is 2. The molecule has 1 saturated heterocycles. The monoisotopic (exact) mass is 194 g/mol. The molecule has 2 rings (SSSR count). The number of pyridine rings is 1. The van der Waals surface area contributed by atoms with E-state index in [0.29, 0.717) is 12.0 Å². The Labute approximate surface area is 81.6 Å². The molecule has 0 spiro atoms. The summed E-state index contributed by atoms with van der Waals surface area (Å²) in [5.74, 6) is -0.538. The summed E-state index contributed by atoms with van der Waals surface area (Å²) < 4.78 is 13.2. The van der Waals surface area contributed by atoms with E-state index in [2.05, 4.69) is 4.98 Å². The van der Waals surface area contributed by atoms with Crippen LogP contribution in [0.15, 0.2) is 12.4 Å². The van der Waals surface area contributed by atoms with Gasteiger partial charge in [0.25, 0.3) is 0 Å². The highest BCUT2D eigenvalue weighted by Crippen LogP contribution is 2.23. The maximum atomic E-state index is 13.2. The highest BCUT2D eigenvalue weighted by atomic mass is 19.1. The van der Waals surface area contributed by atoms with Gasteiger partial charge in [0.2, 0.25) is 0 Å². The fourth-order valence-corrected chi connectivity index (χ4v) is 1.76. The van der Waals surface area contributed by atoms with Crippen molar-refractivity contribution in [2.45, 2.75) is 12.8 Å². The number of carbonyl (C=O) groups is 1. The van der Waals surface area contributed by atoms with E-state index in [1.165, 1.54) is 0 Å². The molecule has 74 valence electrons. The van der Waals surface area contributed by atoms with Crippen molar-refractivity contribution in [1.29, 1.82) is 0 Å². The standard InChI is InChI=1S/C10H11FN2O/c11-9-5-12-6-10(8(9)7-14)13-3-1-2-4-13/h5-7H,1-4H2. The number of aromatic nitrogens is 1. The Hall–Kier alpha value is -1.45. The molecular weight excluding hydrogens is 183 g/mol. The summed E-state index contributed by atoms with van der Waals surface area (Å²) in [5, 5.41) is 0. The summed E-state index contributed by atoms with van der Waals surface area (Å²) >= 11 is 0. The molecule has 0 amide bonds. The first-order valence-corrected chi connectivity index (χ1v) is 4.66. The quantitative estimate of drug-likeness (QED) is 0.671. The predicted molar refractivity (Wildman–Crippen MR) is 51.0 cm³/mol. The summed E-state index contributed by atoms with van der Waals surface area (Å²) in [5.41, 5.74) is 0.749. The highest BCUT2D eigenvalue weighted by Gasteiger charge is 2.17. The van der Waals surface area contributed by atoms with Crippen molar-refractivity contribution in [1.82, 2.24) is 4.98 Å². The van der Waals surface area contributed by atoms with Gasteiger partial charge < -0.3 is 4.90 Å². The van der Waals surface area contributed by atoms with Crippen LogP contribution < -0.4 is 4.90 Å².